The Bertz CT molecular complexity index is 630. The first-order valence-corrected chi connectivity index (χ1v) is 7.23. The second kappa shape index (κ2) is 6.58. The Hall–Kier alpha value is -1.80. The Morgan fingerprint density at radius 1 is 1.35 bits per heavy atom. The number of benzene rings is 1. The molecule has 1 heterocycles. The molecule has 8 heteroatoms. The van der Waals surface area contributed by atoms with E-state index in [1.807, 2.05) is 12.1 Å². The standard InChI is InChI=1S/C12H13BrN4O2S/c1-18-9-3-7(8(13)4-10(9)19-2)5-15-17-12-16-11(14)6-20-12/h3-6H,14H2,1-2H3,(H,16,17). The average molecular weight is 357 g/mol. The van der Waals surface area contributed by atoms with E-state index in [2.05, 4.69) is 31.4 Å². The van der Waals surface area contributed by atoms with E-state index in [-0.39, 0.29) is 0 Å². The lowest BCUT2D eigenvalue weighted by molar-refractivity contribution is 0.354. The minimum Gasteiger partial charge on any atom is -0.493 e. The lowest BCUT2D eigenvalue weighted by Gasteiger charge is -2.09. The number of halogens is 1. The maximum absolute atomic E-state index is 5.52. The van der Waals surface area contributed by atoms with Crippen molar-refractivity contribution in [3.63, 3.8) is 0 Å². The van der Waals surface area contributed by atoms with Gasteiger partial charge in [0, 0.05) is 15.4 Å². The number of rotatable bonds is 5. The summed E-state index contributed by atoms with van der Waals surface area (Å²) in [5.41, 5.74) is 9.18. The van der Waals surface area contributed by atoms with Crippen LogP contribution >= 0.6 is 27.3 Å². The average Bonchev–Trinajstić information content (AvgIpc) is 2.85. The quantitative estimate of drug-likeness (QED) is 0.635. The Morgan fingerprint density at radius 2 is 2.05 bits per heavy atom. The summed E-state index contributed by atoms with van der Waals surface area (Å²) >= 11 is 4.84. The molecule has 0 amide bonds. The Balaban J connectivity index is 2.16. The van der Waals surface area contributed by atoms with Crippen LogP contribution in [0.3, 0.4) is 0 Å². The molecule has 1 aromatic heterocycles. The van der Waals surface area contributed by atoms with Gasteiger partial charge in [0.25, 0.3) is 0 Å². The van der Waals surface area contributed by atoms with Crippen LogP contribution in [0.1, 0.15) is 5.56 Å². The first-order valence-electron chi connectivity index (χ1n) is 5.55. The molecule has 0 aliphatic heterocycles. The molecule has 0 fully saturated rings. The summed E-state index contributed by atoms with van der Waals surface area (Å²) in [4.78, 5) is 4.04. The number of thiazole rings is 1. The molecule has 0 bridgehead atoms. The van der Waals surface area contributed by atoms with Crippen molar-refractivity contribution in [3.05, 3.63) is 27.5 Å². The van der Waals surface area contributed by atoms with Crippen molar-refractivity contribution >= 4 is 44.4 Å². The van der Waals surface area contributed by atoms with Gasteiger partial charge in [0.2, 0.25) is 5.13 Å². The van der Waals surface area contributed by atoms with Crippen molar-refractivity contribution < 1.29 is 9.47 Å². The summed E-state index contributed by atoms with van der Waals surface area (Å²) in [6, 6.07) is 3.64. The van der Waals surface area contributed by atoms with E-state index in [4.69, 9.17) is 15.2 Å². The molecule has 1 aromatic carbocycles. The highest BCUT2D eigenvalue weighted by Crippen LogP contribution is 2.32. The summed E-state index contributed by atoms with van der Waals surface area (Å²) in [5.74, 6) is 1.76. The fourth-order valence-corrected chi connectivity index (χ4v) is 2.44. The fourth-order valence-electron chi connectivity index (χ4n) is 1.46. The number of ether oxygens (including phenoxy) is 2. The van der Waals surface area contributed by atoms with Crippen LogP contribution in [-0.4, -0.2) is 25.4 Å². The number of hydrogen-bond donors (Lipinski definition) is 2. The fraction of sp³-hybridized carbons (Fsp3) is 0.167. The number of hydrogen-bond acceptors (Lipinski definition) is 7. The molecule has 0 aliphatic rings. The van der Waals surface area contributed by atoms with Crippen molar-refractivity contribution in [2.24, 2.45) is 5.10 Å². The number of aromatic nitrogens is 1. The SMILES string of the molecule is COc1cc(Br)c(C=NNc2nc(N)cs2)cc1OC. The maximum atomic E-state index is 5.52. The zero-order valence-electron chi connectivity index (χ0n) is 10.9. The lowest BCUT2D eigenvalue weighted by Crippen LogP contribution is -1.95. The molecule has 6 nitrogen and oxygen atoms in total. The van der Waals surface area contributed by atoms with Gasteiger partial charge in [-0.05, 0) is 28.1 Å². The van der Waals surface area contributed by atoms with Crippen LogP contribution in [0, 0.1) is 0 Å². The van der Waals surface area contributed by atoms with Gasteiger partial charge in [0.1, 0.15) is 5.82 Å². The van der Waals surface area contributed by atoms with Crippen LogP contribution in [-0.2, 0) is 0 Å². The molecule has 0 spiro atoms. The first kappa shape index (κ1) is 14.6. The molecule has 0 atom stereocenters. The van der Waals surface area contributed by atoms with Gasteiger partial charge in [-0.1, -0.05) is 0 Å². The summed E-state index contributed by atoms with van der Waals surface area (Å²) in [5, 5.41) is 6.48. The molecule has 2 aromatic rings. The highest BCUT2D eigenvalue weighted by molar-refractivity contribution is 9.10. The maximum Gasteiger partial charge on any atom is 0.205 e. The molecule has 0 saturated heterocycles. The first-order chi connectivity index (χ1) is 9.63. The van der Waals surface area contributed by atoms with Crippen molar-refractivity contribution in [3.8, 4) is 11.5 Å². The molecular formula is C12H13BrN4O2S. The number of nitrogens with two attached hydrogens (primary N) is 1. The summed E-state index contributed by atoms with van der Waals surface area (Å²) < 4.78 is 11.3. The third-order valence-corrected chi connectivity index (χ3v) is 3.84. The smallest absolute Gasteiger partial charge is 0.205 e. The molecule has 3 N–H and O–H groups in total. The number of nitrogens with zero attached hydrogens (tertiary/aromatic N) is 2. The molecular weight excluding hydrogens is 344 g/mol. The van der Waals surface area contributed by atoms with Crippen LogP contribution in [0.25, 0.3) is 0 Å². The lowest BCUT2D eigenvalue weighted by atomic mass is 10.2. The molecule has 0 saturated carbocycles. The Labute approximate surface area is 128 Å². The number of nitrogen functional groups attached to an aromatic ring is 1. The van der Waals surface area contributed by atoms with Crippen molar-refractivity contribution in [1.29, 1.82) is 0 Å². The largest absolute Gasteiger partial charge is 0.493 e. The molecule has 0 radical (unpaired) electrons. The van der Waals surface area contributed by atoms with E-state index in [0.717, 1.165) is 10.0 Å². The van der Waals surface area contributed by atoms with E-state index in [1.54, 1.807) is 25.8 Å². The molecule has 0 aliphatic carbocycles. The number of anilines is 2. The van der Waals surface area contributed by atoms with Crippen LogP contribution in [0.2, 0.25) is 0 Å². The van der Waals surface area contributed by atoms with Gasteiger partial charge >= 0.3 is 0 Å². The molecule has 0 unspecified atom stereocenters. The minimum absolute atomic E-state index is 0.472. The second-order valence-corrected chi connectivity index (χ2v) is 5.39. The van der Waals surface area contributed by atoms with Crippen molar-refractivity contribution in [2.75, 3.05) is 25.4 Å². The van der Waals surface area contributed by atoms with Crippen molar-refractivity contribution in [1.82, 2.24) is 4.98 Å². The molecule has 106 valence electrons. The molecule has 20 heavy (non-hydrogen) atoms. The van der Waals surface area contributed by atoms with Crippen LogP contribution in [0.5, 0.6) is 11.5 Å². The topological polar surface area (TPSA) is 81.8 Å². The zero-order valence-corrected chi connectivity index (χ0v) is 13.3. The second-order valence-electron chi connectivity index (χ2n) is 3.68. The van der Waals surface area contributed by atoms with Gasteiger partial charge in [-0.25, -0.2) is 4.98 Å². The third kappa shape index (κ3) is 3.40. The minimum atomic E-state index is 0.472. The van der Waals surface area contributed by atoms with Gasteiger partial charge in [0.05, 0.1) is 20.4 Å². The van der Waals surface area contributed by atoms with E-state index >= 15 is 0 Å². The van der Waals surface area contributed by atoms with E-state index < -0.39 is 0 Å². The van der Waals surface area contributed by atoms with E-state index in [9.17, 15) is 0 Å². The van der Waals surface area contributed by atoms with Gasteiger partial charge in [-0.3, -0.25) is 5.43 Å². The van der Waals surface area contributed by atoms with Gasteiger partial charge in [0.15, 0.2) is 11.5 Å². The Morgan fingerprint density at radius 3 is 2.65 bits per heavy atom. The number of hydrazone groups is 1. The summed E-state index contributed by atoms with van der Waals surface area (Å²) in [6.45, 7) is 0. The summed E-state index contributed by atoms with van der Waals surface area (Å²) in [7, 11) is 3.18. The molecule has 2 rings (SSSR count). The normalized spacial score (nSPS) is 10.8. The highest BCUT2D eigenvalue weighted by atomic mass is 79.9. The monoisotopic (exact) mass is 356 g/mol. The number of methoxy groups -OCH3 is 2. The zero-order chi connectivity index (χ0) is 14.5. The van der Waals surface area contributed by atoms with E-state index in [0.29, 0.717) is 22.4 Å². The van der Waals surface area contributed by atoms with Crippen molar-refractivity contribution in [2.45, 2.75) is 0 Å². The Kier molecular flexibility index (Phi) is 4.80. The van der Waals surface area contributed by atoms with Crippen LogP contribution in [0.4, 0.5) is 10.9 Å². The van der Waals surface area contributed by atoms with Gasteiger partial charge < -0.3 is 15.2 Å². The predicted molar refractivity (Wildman–Crippen MR) is 85.0 cm³/mol. The van der Waals surface area contributed by atoms with Gasteiger partial charge in [-0.15, -0.1) is 11.3 Å². The van der Waals surface area contributed by atoms with Crippen LogP contribution < -0.4 is 20.6 Å². The highest BCUT2D eigenvalue weighted by Gasteiger charge is 2.08. The third-order valence-electron chi connectivity index (χ3n) is 2.39. The number of nitrogens with one attached hydrogen (secondary N) is 1. The summed E-state index contributed by atoms with van der Waals surface area (Å²) in [6.07, 6.45) is 1.66. The predicted octanol–water partition coefficient (Wildman–Crippen LogP) is 2.95. The van der Waals surface area contributed by atoms with Crippen LogP contribution in [0.15, 0.2) is 27.1 Å². The van der Waals surface area contributed by atoms with E-state index in [1.165, 1.54) is 11.3 Å². The van der Waals surface area contributed by atoms with Gasteiger partial charge in [-0.2, -0.15) is 5.10 Å².